The highest BCUT2D eigenvalue weighted by molar-refractivity contribution is 6.10. The van der Waals surface area contributed by atoms with Gasteiger partial charge in [-0.2, -0.15) is 0 Å². The summed E-state index contributed by atoms with van der Waals surface area (Å²) in [6.45, 7) is 5.88. The molecule has 0 aliphatic rings. The maximum Gasteiger partial charge on any atom is 0.193 e. The fourth-order valence-electron chi connectivity index (χ4n) is 2.49. The summed E-state index contributed by atoms with van der Waals surface area (Å²) in [5.41, 5.74) is 4.37. The van der Waals surface area contributed by atoms with Crippen molar-refractivity contribution in [3.05, 3.63) is 58.1 Å². The van der Waals surface area contributed by atoms with E-state index in [1.165, 1.54) is 0 Å². The summed E-state index contributed by atoms with van der Waals surface area (Å²) >= 11 is 0. The first-order chi connectivity index (χ1) is 9.96. The number of hydrogen-bond donors (Lipinski definition) is 0. The normalized spacial score (nSPS) is 10.3. The molecule has 0 saturated heterocycles. The van der Waals surface area contributed by atoms with Gasteiger partial charge in [-0.15, -0.1) is 0 Å². The van der Waals surface area contributed by atoms with Crippen molar-refractivity contribution in [2.75, 3.05) is 14.2 Å². The molecule has 0 N–H and O–H groups in total. The smallest absolute Gasteiger partial charge is 0.193 e. The zero-order valence-corrected chi connectivity index (χ0v) is 13.1. The van der Waals surface area contributed by atoms with Crippen LogP contribution in [0.1, 0.15) is 32.6 Å². The molecule has 0 amide bonds. The van der Waals surface area contributed by atoms with Gasteiger partial charge in [0, 0.05) is 11.1 Å². The Bertz CT molecular complexity index is 667. The summed E-state index contributed by atoms with van der Waals surface area (Å²) in [6.07, 6.45) is 0. The van der Waals surface area contributed by atoms with Gasteiger partial charge in [-0.1, -0.05) is 17.2 Å². The molecule has 0 fully saturated rings. The van der Waals surface area contributed by atoms with Gasteiger partial charge < -0.3 is 9.47 Å². The van der Waals surface area contributed by atoms with Crippen LogP contribution in [0, 0.1) is 20.8 Å². The van der Waals surface area contributed by atoms with E-state index in [2.05, 4.69) is 6.07 Å². The molecular weight excluding hydrogens is 264 g/mol. The largest absolute Gasteiger partial charge is 0.493 e. The Kier molecular flexibility index (Phi) is 4.32. The van der Waals surface area contributed by atoms with Crippen LogP contribution < -0.4 is 9.47 Å². The Morgan fingerprint density at radius 3 is 1.86 bits per heavy atom. The molecule has 0 aliphatic heterocycles. The van der Waals surface area contributed by atoms with Gasteiger partial charge in [-0.05, 0) is 50.6 Å². The van der Waals surface area contributed by atoms with E-state index in [9.17, 15) is 4.79 Å². The van der Waals surface area contributed by atoms with Gasteiger partial charge in [-0.3, -0.25) is 4.79 Å². The number of carbonyl (C=O) groups is 1. The lowest BCUT2D eigenvalue weighted by Crippen LogP contribution is -2.06. The van der Waals surface area contributed by atoms with E-state index in [0.29, 0.717) is 22.6 Å². The van der Waals surface area contributed by atoms with Gasteiger partial charge in [0.05, 0.1) is 14.2 Å². The molecule has 0 bridgehead atoms. The quantitative estimate of drug-likeness (QED) is 0.800. The zero-order valence-electron chi connectivity index (χ0n) is 13.1. The number of ketones is 1. The predicted octanol–water partition coefficient (Wildman–Crippen LogP) is 3.86. The SMILES string of the molecule is COc1cc(C)c(C(=O)c2cc(C)cc(C)c2)cc1OC. The first-order valence-corrected chi connectivity index (χ1v) is 6.82. The second kappa shape index (κ2) is 6.00. The molecule has 2 aromatic rings. The summed E-state index contributed by atoms with van der Waals surface area (Å²) < 4.78 is 10.5. The highest BCUT2D eigenvalue weighted by Crippen LogP contribution is 2.31. The number of aryl methyl sites for hydroxylation is 3. The highest BCUT2D eigenvalue weighted by atomic mass is 16.5. The van der Waals surface area contributed by atoms with Gasteiger partial charge in [-0.25, -0.2) is 0 Å². The molecule has 21 heavy (non-hydrogen) atoms. The van der Waals surface area contributed by atoms with Crippen molar-refractivity contribution < 1.29 is 14.3 Å². The topological polar surface area (TPSA) is 35.5 Å². The molecule has 2 aromatic carbocycles. The second-order valence-electron chi connectivity index (χ2n) is 5.23. The lowest BCUT2D eigenvalue weighted by molar-refractivity contribution is 0.103. The van der Waals surface area contributed by atoms with E-state index >= 15 is 0 Å². The molecule has 0 atom stereocenters. The first kappa shape index (κ1) is 15.1. The predicted molar refractivity (Wildman–Crippen MR) is 83.6 cm³/mol. The standard InChI is InChI=1S/C18H20O3/c1-11-6-12(2)8-14(7-11)18(19)15-10-17(21-5)16(20-4)9-13(15)3/h6-10H,1-5H3. The van der Waals surface area contributed by atoms with E-state index in [1.807, 2.05) is 39.0 Å². The molecule has 0 unspecified atom stereocenters. The van der Waals surface area contributed by atoms with Crippen LogP contribution in [0.25, 0.3) is 0 Å². The minimum Gasteiger partial charge on any atom is -0.493 e. The van der Waals surface area contributed by atoms with Crippen LogP contribution in [0.2, 0.25) is 0 Å². The van der Waals surface area contributed by atoms with E-state index in [0.717, 1.165) is 16.7 Å². The minimum atomic E-state index is 0.000234. The Morgan fingerprint density at radius 1 is 0.810 bits per heavy atom. The Hall–Kier alpha value is -2.29. The summed E-state index contributed by atoms with van der Waals surface area (Å²) in [5, 5.41) is 0. The molecule has 2 rings (SSSR count). The fourth-order valence-corrected chi connectivity index (χ4v) is 2.49. The van der Waals surface area contributed by atoms with Gasteiger partial charge >= 0.3 is 0 Å². The van der Waals surface area contributed by atoms with Crippen LogP contribution in [0.4, 0.5) is 0 Å². The molecule has 0 aromatic heterocycles. The van der Waals surface area contributed by atoms with Crippen molar-refractivity contribution in [3.63, 3.8) is 0 Å². The van der Waals surface area contributed by atoms with Crippen molar-refractivity contribution in [2.24, 2.45) is 0 Å². The third-order valence-electron chi connectivity index (χ3n) is 3.46. The highest BCUT2D eigenvalue weighted by Gasteiger charge is 2.16. The molecule has 110 valence electrons. The third-order valence-corrected chi connectivity index (χ3v) is 3.46. The van der Waals surface area contributed by atoms with Gasteiger partial charge in [0.25, 0.3) is 0 Å². The number of benzene rings is 2. The summed E-state index contributed by atoms with van der Waals surface area (Å²) in [4.78, 5) is 12.7. The molecule has 0 radical (unpaired) electrons. The maximum atomic E-state index is 12.7. The van der Waals surface area contributed by atoms with Gasteiger partial charge in [0.1, 0.15) is 0 Å². The summed E-state index contributed by atoms with van der Waals surface area (Å²) in [7, 11) is 3.15. The molecule has 0 spiro atoms. The third kappa shape index (κ3) is 3.07. The molecule has 0 heterocycles. The Morgan fingerprint density at radius 2 is 1.33 bits per heavy atom. The van der Waals surface area contributed by atoms with Crippen molar-refractivity contribution in [1.82, 2.24) is 0 Å². The molecule has 0 saturated carbocycles. The van der Waals surface area contributed by atoms with Crippen molar-refractivity contribution in [1.29, 1.82) is 0 Å². The zero-order chi connectivity index (χ0) is 15.6. The fraction of sp³-hybridized carbons (Fsp3) is 0.278. The molecule has 3 heteroatoms. The van der Waals surface area contributed by atoms with Crippen LogP contribution in [-0.4, -0.2) is 20.0 Å². The van der Waals surface area contributed by atoms with Gasteiger partial charge in [0.2, 0.25) is 0 Å². The van der Waals surface area contributed by atoms with E-state index in [-0.39, 0.29) is 5.78 Å². The summed E-state index contributed by atoms with van der Waals surface area (Å²) in [5.74, 6) is 1.20. The van der Waals surface area contributed by atoms with Crippen LogP contribution in [0.15, 0.2) is 30.3 Å². The Balaban J connectivity index is 2.52. The number of methoxy groups -OCH3 is 2. The molecular formula is C18H20O3. The lowest BCUT2D eigenvalue weighted by atomic mass is 9.96. The minimum absolute atomic E-state index is 0.000234. The second-order valence-corrected chi connectivity index (χ2v) is 5.23. The lowest BCUT2D eigenvalue weighted by Gasteiger charge is -2.12. The average Bonchev–Trinajstić information content (AvgIpc) is 2.45. The van der Waals surface area contributed by atoms with Crippen LogP contribution in [0.5, 0.6) is 11.5 Å². The average molecular weight is 284 g/mol. The molecule has 3 nitrogen and oxygen atoms in total. The monoisotopic (exact) mass is 284 g/mol. The molecule has 0 aliphatic carbocycles. The Labute approximate surface area is 125 Å². The number of ether oxygens (including phenoxy) is 2. The van der Waals surface area contributed by atoms with E-state index in [4.69, 9.17) is 9.47 Å². The van der Waals surface area contributed by atoms with Crippen LogP contribution in [-0.2, 0) is 0 Å². The van der Waals surface area contributed by atoms with Crippen molar-refractivity contribution in [3.8, 4) is 11.5 Å². The number of rotatable bonds is 4. The van der Waals surface area contributed by atoms with Gasteiger partial charge in [0.15, 0.2) is 17.3 Å². The van der Waals surface area contributed by atoms with E-state index < -0.39 is 0 Å². The van der Waals surface area contributed by atoms with Crippen molar-refractivity contribution in [2.45, 2.75) is 20.8 Å². The maximum absolute atomic E-state index is 12.7. The van der Waals surface area contributed by atoms with Crippen molar-refractivity contribution >= 4 is 5.78 Å². The number of hydrogen-bond acceptors (Lipinski definition) is 3. The summed E-state index contributed by atoms with van der Waals surface area (Å²) in [6, 6.07) is 9.44. The van der Waals surface area contributed by atoms with Crippen LogP contribution >= 0.6 is 0 Å². The first-order valence-electron chi connectivity index (χ1n) is 6.82. The number of carbonyl (C=O) groups excluding carboxylic acids is 1. The van der Waals surface area contributed by atoms with Crippen LogP contribution in [0.3, 0.4) is 0 Å². The van der Waals surface area contributed by atoms with E-state index in [1.54, 1.807) is 20.3 Å².